The van der Waals surface area contributed by atoms with Crippen LogP contribution >= 0.6 is 0 Å². The zero-order valence-electron chi connectivity index (χ0n) is 23.2. The molecule has 2 rings (SSSR count). The summed E-state index contributed by atoms with van der Waals surface area (Å²) in [5.41, 5.74) is 5.32. The van der Waals surface area contributed by atoms with Crippen molar-refractivity contribution in [1.29, 1.82) is 0 Å². The van der Waals surface area contributed by atoms with Gasteiger partial charge in [-0.1, -0.05) is 35.4 Å². The summed E-state index contributed by atoms with van der Waals surface area (Å²) in [7, 11) is -6.55. The fraction of sp³-hybridized carbons (Fsp3) is 0.333. The summed E-state index contributed by atoms with van der Waals surface area (Å²) in [6.45, 7) is 2.98. The van der Waals surface area contributed by atoms with E-state index >= 15 is 0 Å². The lowest BCUT2D eigenvalue weighted by Gasteiger charge is -2.22. The molecule has 2 aromatic carbocycles. The molecule has 0 aliphatic carbocycles. The SMILES string of the molecule is CNC(=O)N(NC(=O)OCCCCOC(=O)NN(C(=O)NC)S(=O)(=O)c1ccc(C)cc1)S(=O)(=O)c1ccc(C)cc1. The first-order chi connectivity index (χ1) is 19.7. The highest BCUT2D eigenvalue weighted by Crippen LogP contribution is 2.16. The molecule has 230 valence electrons. The van der Waals surface area contributed by atoms with Gasteiger partial charge in [-0.25, -0.2) is 30.0 Å². The maximum absolute atomic E-state index is 12.8. The minimum atomic E-state index is -4.45. The Kier molecular flexibility index (Phi) is 11.9. The van der Waals surface area contributed by atoms with Crippen LogP contribution in [0, 0.1) is 13.8 Å². The van der Waals surface area contributed by atoms with Crippen LogP contribution in [0.3, 0.4) is 0 Å². The monoisotopic (exact) mass is 628 g/mol. The largest absolute Gasteiger partial charge is 0.448 e. The van der Waals surface area contributed by atoms with E-state index in [4.69, 9.17) is 9.47 Å². The maximum Gasteiger partial charge on any atom is 0.427 e. The van der Waals surface area contributed by atoms with Crippen molar-refractivity contribution in [3.8, 4) is 0 Å². The summed E-state index contributed by atoms with van der Waals surface area (Å²) >= 11 is 0. The smallest absolute Gasteiger partial charge is 0.427 e. The number of rotatable bonds is 9. The summed E-state index contributed by atoms with van der Waals surface area (Å²) in [6, 6.07) is 8.91. The van der Waals surface area contributed by atoms with Crippen LogP contribution in [0.2, 0.25) is 0 Å². The molecular formula is C24H32N6O10S2. The summed E-state index contributed by atoms with van der Waals surface area (Å²) in [4.78, 5) is 48.2. The van der Waals surface area contributed by atoms with E-state index in [1.165, 1.54) is 62.6 Å². The number of sulfonamides is 2. The highest BCUT2D eigenvalue weighted by atomic mass is 32.2. The van der Waals surface area contributed by atoms with Crippen molar-refractivity contribution in [3.63, 3.8) is 0 Å². The van der Waals surface area contributed by atoms with Crippen LogP contribution in [0.1, 0.15) is 24.0 Å². The number of hydrogen-bond acceptors (Lipinski definition) is 10. The Morgan fingerprint density at radius 3 is 1.21 bits per heavy atom. The van der Waals surface area contributed by atoms with Crippen LogP contribution in [0.5, 0.6) is 0 Å². The standard InChI is InChI=1S/C24H32N6O10S2/c1-17-7-11-19(12-8-17)41(35,36)29(21(31)25-3)27-23(33)39-15-5-6-16-40-24(34)28-30(22(32)26-4)42(37,38)20-13-9-18(2)10-14-20/h7-14H,5-6,15-16H2,1-4H3,(H,25,31)(H,26,32)(H,27,33)(H,28,34). The third-order valence-corrected chi connectivity index (χ3v) is 8.52. The summed E-state index contributed by atoms with van der Waals surface area (Å²) < 4.78 is 61.3. The molecule has 0 aromatic heterocycles. The van der Waals surface area contributed by atoms with Crippen molar-refractivity contribution in [2.24, 2.45) is 0 Å². The molecule has 2 aromatic rings. The van der Waals surface area contributed by atoms with E-state index in [-0.39, 0.29) is 44.7 Å². The van der Waals surface area contributed by atoms with Gasteiger partial charge in [0.2, 0.25) is 0 Å². The maximum atomic E-state index is 12.8. The Morgan fingerprint density at radius 2 is 0.929 bits per heavy atom. The number of nitrogens with zero attached hydrogens (tertiary/aromatic N) is 2. The summed E-state index contributed by atoms with van der Waals surface area (Å²) in [6.07, 6.45) is -2.22. The average molecular weight is 629 g/mol. The van der Waals surface area contributed by atoms with E-state index in [9.17, 15) is 36.0 Å². The first-order valence-electron chi connectivity index (χ1n) is 12.3. The second kappa shape index (κ2) is 14.9. The molecule has 0 unspecified atom stereocenters. The molecule has 0 radical (unpaired) electrons. The molecule has 6 amide bonds. The predicted octanol–water partition coefficient (Wildman–Crippen LogP) is 1.73. The van der Waals surface area contributed by atoms with Gasteiger partial charge in [-0.2, -0.15) is 16.8 Å². The first-order valence-corrected chi connectivity index (χ1v) is 15.2. The number of benzene rings is 2. The number of amides is 6. The van der Waals surface area contributed by atoms with Gasteiger partial charge in [-0.15, -0.1) is 8.83 Å². The van der Waals surface area contributed by atoms with Crippen molar-refractivity contribution in [2.45, 2.75) is 36.5 Å². The zero-order valence-corrected chi connectivity index (χ0v) is 24.9. The molecule has 0 aliphatic rings. The fourth-order valence-corrected chi connectivity index (χ4v) is 5.43. The van der Waals surface area contributed by atoms with Crippen LogP contribution in [-0.4, -0.2) is 77.2 Å². The molecule has 0 saturated heterocycles. The second-order valence-electron chi connectivity index (χ2n) is 8.48. The number of aryl methyl sites for hydroxylation is 2. The molecule has 0 aliphatic heterocycles. The first kappa shape index (κ1) is 33.6. The van der Waals surface area contributed by atoms with E-state index in [0.29, 0.717) is 0 Å². The lowest BCUT2D eigenvalue weighted by Crippen LogP contribution is -2.53. The number of ether oxygens (including phenoxy) is 2. The highest BCUT2D eigenvalue weighted by Gasteiger charge is 2.32. The Bertz CT molecular complexity index is 1370. The molecule has 16 nitrogen and oxygen atoms in total. The number of nitrogens with one attached hydrogen (secondary N) is 4. The summed E-state index contributed by atoms with van der Waals surface area (Å²) in [5.74, 6) is 0. The van der Waals surface area contributed by atoms with Crippen LogP contribution < -0.4 is 21.5 Å². The zero-order chi connectivity index (χ0) is 31.5. The van der Waals surface area contributed by atoms with Gasteiger partial charge in [0.25, 0.3) is 20.0 Å². The normalized spacial score (nSPS) is 11.0. The van der Waals surface area contributed by atoms with Crippen molar-refractivity contribution < 1.29 is 45.5 Å². The number of hydrazine groups is 2. The molecule has 0 heterocycles. The van der Waals surface area contributed by atoms with E-state index in [1.807, 2.05) is 10.9 Å². The Labute approximate surface area is 243 Å². The molecule has 0 atom stereocenters. The quantitative estimate of drug-likeness (QED) is 0.233. The van der Waals surface area contributed by atoms with Crippen LogP contribution in [0.4, 0.5) is 19.2 Å². The van der Waals surface area contributed by atoms with E-state index in [0.717, 1.165) is 11.1 Å². The van der Waals surface area contributed by atoms with Gasteiger partial charge in [-0.3, -0.25) is 0 Å². The topological polar surface area (TPSA) is 210 Å². The Hall–Kier alpha value is -4.58. The molecule has 18 heteroatoms. The highest BCUT2D eigenvalue weighted by molar-refractivity contribution is 7.90. The Balaban J connectivity index is 1.86. The van der Waals surface area contributed by atoms with Gasteiger partial charge in [0, 0.05) is 14.1 Å². The minimum absolute atomic E-state index is 0.107. The van der Waals surface area contributed by atoms with E-state index in [2.05, 4.69) is 10.6 Å². The van der Waals surface area contributed by atoms with Crippen LogP contribution in [0.25, 0.3) is 0 Å². The van der Waals surface area contributed by atoms with Crippen molar-refractivity contribution in [1.82, 2.24) is 30.3 Å². The van der Waals surface area contributed by atoms with Crippen molar-refractivity contribution in [2.75, 3.05) is 27.3 Å². The average Bonchev–Trinajstić information content (AvgIpc) is 2.95. The number of urea groups is 2. The van der Waals surface area contributed by atoms with Crippen molar-refractivity contribution >= 4 is 44.3 Å². The lowest BCUT2D eigenvalue weighted by molar-refractivity contribution is 0.114. The number of carbonyl (C=O) groups excluding carboxylic acids is 4. The molecule has 4 N–H and O–H groups in total. The van der Waals surface area contributed by atoms with Gasteiger partial charge >= 0.3 is 24.2 Å². The second-order valence-corrected chi connectivity index (χ2v) is 12.1. The van der Waals surface area contributed by atoms with Gasteiger partial charge in [0.15, 0.2) is 0 Å². The molecule has 0 fully saturated rings. The molecule has 0 saturated carbocycles. The van der Waals surface area contributed by atoms with Gasteiger partial charge in [0.05, 0.1) is 23.0 Å². The van der Waals surface area contributed by atoms with Gasteiger partial charge in [-0.05, 0) is 51.0 Å². The molecule has 0 spiro atoms. The van der Waals surface area contributed by atoms with E-state index in [1.54, 1.807) is 13.8 Å². The molecular weight excluding hydrogens is 596 g/mol. The fourth-order valence-electron chi connectivity index (χ4n) is 3.04. The van der Waals surface area contributed by atoms with Crippen LogP contribution in [0.15, 0.2) is 58.3 Å². The van der Waals surface area contributed by atoms with E-state index < -0.39 is 44.3 Å². The van der Waals surface area contributed by atoms with Crippen molar-refractivity contribution in [3.05, 3.63) is 59.7 Å². The molecule has 0 bridgehead atoms. The number of hydrogen-bond donors (Lipinski definition) is 4. The minimum Gasteiger partial charge on any atom is -0.448 e. The number of carbonyl (C=O) groups is 4. The predicted molar refractivity (Wildman–Crippen MR) is 148 cm³/mol. The summed E-state index contributed by atoms with van der Waals surface area (Å²) in [5, 5.41) is 4.23. The Morgan fingerprint density at radius 1 is 0.619 bits per heavy atom. The van der Waals surface area contributed by atoms with Crippen LogP contribution in [-0.2, 0) is 29.5 Å². The van der Waals surface area contributed by atoms with Gasteiger partial charge < -0.3 is 20.1 Å². The number of unbranched alkanes of at least 4 members (excludes halogenated alkanes) is 1. The van der Waals surface area contributed by atoms with Gasteiger partial charge in [0.1, 0.15) is 0 Å². The third kappa shape index (κ3) is 8.96. The lowest BCUT2D eigenvalue weighted by atomic mass is 10.2. The third-order valence-electron chi connectivity index (χ3n) is 5.31. The molecule has 42 heavy (non-hydrogen) atoms.